The highest BCUT2D eigenvalue weighted by Gasteiger charge is 2.36. The van der Waals surface area contributed by atoms with Crippen molar-refractivity contribution in [1.29, 1.82) is 0 Å². The van der Waals surface area contributed by atoms with Gasteiger partial charge in [0.1, 0.15) is 5.82 Å². The van der Waals surface area contributed by atoms with E-state index in [1.807, 2.05) is 41.4 Å². The molecule has 1 aromatic heterocycles. The van der Waals surface area contributed by atoms with E-state index in [0.717, 1.165) is 75.6 Å². The first kappa shape index (κ1) is 29.3. The van der Waals surface area contributed by atoms with E-state index in [-0.39, 0.29) is 11.8 Å². The predicted octanol–water partition coefficient (Wildman–Crippen LogP) is 4.41. The van der Waals surface area contributed by atoms with Crippen molar-refractivity contribution in [1.82, 2.24) is 19.7 Å². The van der Waals surface area contributed by atoms with Crippen molar-refractivity contribution in [3.63, 3.8) is 0 Å². The summed E-state index contributed by atoms with van der Waals surface area (Å²) in [6.45, 7) is 8.89. The molecule has 43 heavy (non-hydrogen) atoms. The van der Waals surface area contributed by atoms with Crippen LogP contribution in [0.15, 0.2) is 79.0 Å². The summed E-state index contributed by atoms with van der Waals surface area (Å²) >= 11 is 0. The summed E-state index contributed by atoms with van der Waals surface area (Å²) in [7, 11) is 0. The number of benzene rings is 2. The van der Waals surface area contributed by atoms with Crippen molar-refractivity contribution in [2.75, 3.05) is 55.6 Å². The molecule has 0 spiro atoms. The molecule has 0 radical (unpaired) electrons. The van der Waals surface area contributed by atoms with Crippen molar-refractivity contribution < 1.29 is 9.59 Å². The van der Waals surface area contributed by atoms with E-state index in [9.17, 15) is 9.59 Å². The summed E-state index contributed by atoms with van der Waals surface area (Å²) in [6, 6.07) is 25.5. The molecule has 2 saturated heterocycles. The Morgan fingerprint density at radius 3 is 2.33 bits per heavy atom. The summed E-state index contributed by atoms with van der Waals surface area (Å²) in [5.74, 6) is 1.27. The molecule has 8 nitrogen and oxygen atoms in total. The number of piperazine rings is 1. The molecule has 3 aliphatic rings. The molecule has 2 bridgehead atoms. The van der Waals surface area contributed by atoms with Crippen LogP contribution >= 0.6 is 0 Å². The zero-order valence-corrected chi connectivity index (χ0v) is 25.4. The number of para-hydroxylation sites is 1. The van der Waals surface area contributed by atoms with Crippen LogP contribution in [0, 0.1) is 0 Å². The molecule has 3 aliphatic heterocycles. The van der Waals surface area contributed by atoms with Crippen LogP contribution < -0.4 is 9.80 Å². The van der Waals surface area contributed by atoms with Crippen LogP contribution in [-0.2, 0) is 22.7 Å². The highest BCUT2D eigenvalue weighted by molar-refractivity contribution is 5.92. The number of carbonyl (C=O) groups excluding carboxylic acids is 2. The van der Waals surface area contributed by atoms with Gasteiger partial charge in [-0.25, -0.2) is 4.98 Å². The molecule has 3 aromatic rings. The highest BCUT2D eigenvalue weighted by Crippen LogP contribution is 2.32. The van der Waals surface area contributed by atoms with E-state index in [0.29, 0.717) is 38.1 Å². The molecule has 8 heteroatoms. The second-order valence-corrected chi connectivity index (χ2v) is 12.2. The third-order valence-electron chi connectivity index (χ3n) is 9.46. The van der Waals surface area contributed by atoms with Gasteiger partial charge in [-0.1, -0.05) is 54.6 Å². The van der Waals surface area contributed by atoms with Gasteiger partial charge >= 0.3 is 0 Å². The Labute approximate surface area is 255 Å². The SMILES string of the molecule is CC(=O)N1CC[C@@H]2CC[C@H](CN(C(=O)CCN3CCN(c4ccccn4)CC3)Cc3ccccc31)N2Cc1ccccc1. The van der Waals surface area contributed by atoms with Gasteiger partial charge < -0.3 is 14.7 Å². The van der Waals surface area contributed by atoms with Gasteiger partial charge in [-0.3, -0.25) is 19.4 Å². The standard InChI is InChI=1S/C35H44N6O2/c1-28(42)40-20-16-31-14-15-32(41(31)25-29-9-3-2-4-10-29)27-39(26-30-11-5-6-12-33(30)40)35(43)17-19-37-21-23-38(24-22-37)34-13-7-8-18-36-34/h2-13,18,31-32H,14-17,19-27H2,1H3/t31-,32+/m0/s1. The third kappa shape index (κ3) is 7.08. The largest absolute Gasteiger partial charge is 0.354 e. The number of hydrogen-bond acceptors (Lipinski definition) is 6. The number of aromatic nitrogens is 1. The molecule has 0 N–H and O–H groups in total. The van der Waals surface area contributed by atoms with Crippen LogP contribution in [-0.4, -0.2) is 89.4 Å². The monoisotopic (exact) mass is 580 g/mol. The fourth-order valence-electron chi connectivity index (χ4n) is 7.07. The van der Waals surface area contributed by atoms with E-state index >= 15 is 0 Å². The van der Waals surface area contributed by atoms with Gasteiger partial charge in [0, 0.05) is 96.2 Å². The first-order valence-corrected chi connectivity index (χ1v) is 15.9. The molecule has 4 heterocycles. The molecule has 6 rings (SSSR count). The minimum Gasteiger partial charge on any atom is -0.354 e. The number of nitrogens with zero attached hydrogens (tertiary/aromatic N) is 6. The maximum atomic E-state index is 14.0. The van der Waals surface area contributed by atoms with Gasteiger partial charge in [-0.2, -0.15) is 0 Å². The van der Waals surface area contributed by atoms with E-state index in [1.165, 1.54) is 5.56 Å². The van der Waals surface area contributed by atoms with Crippen LogP contribution in [0.5, 0.6) is 0 Å². The van der Waals surface area contributed by atoms with Crippen LogP contribution in [0.1, 0.15) is 43.7 Å². The lowest BCUT2D eigenvalue weighted by Crippen LogP contribution is -2.48. The van der Waals surface area contributed by atoms with E-state index in [1.54, 1.807) is 6.92 Å². The van der Waals surface area contributed by atoms with E-state index in [2.05, 4.69) is 67.0 Å². The first-order valence-electron chi connectivity index (χ1n) is 15.9. The fraction of sp³-hybridized carbons (Fsp3) is 0.457. The molecular weight excluding hydrogens is 536 g/mol. The molecule has 0 saturated carbocycles. The van der Waals surface area contributed by atoms with Crippen LogP contribution in [0.4, 0.5) is 11.5 Å². The third-order valence-corrected chi connectivity index (χ3v) is 9.46. The zero-order chi connectivity index (χ0) is 29.6. The summed E-state index contributed by atoms with van der Waals surface area (Å²) in [5.41, 5.74) is 3.27. The summed E-state index contributed by atoms with van der Waals surface area (Å²) in [4.78, 5) is 42.8. The van der Waals surface area contributed by atoms with Crippen LogP contribution in [0.3, 0.4) is 0 Å². The van der Waals surface area contributed by atoms with Gasteiger partial charge in [0.2, 0.25) is 11.8 Å². The van der Waals surface area contributed by atoms with Gasteiger partial charge in [0.05, 0.1) is 0 Å². The molecular formula is C35H44N6O2. The maximum Gasteiger partial charge on any atom is 0.224 e. The van der Waals surface area contributed by atoms with Crippen molar-refractivity contribution in [3.8, 4) is 0 Å². The molecule has 2 amide bonds. The average molecular weight is 581 g/mol. The summed E-state index contributed by atoms with van der Waals surface area (Å²) in [6.07, 6.45) is 5.43. The maximum absolute atomic E-state index is 14.0. The Morgan fingerprint density at radius 1 is 0.814 bits per heavy atom. The Bertz CT molecular complexity index is 1360. The fourth-order valence-corrected chi connectivity index (χ4v) is 7.07. The lowest BCUT2D eigenvalue weighted by atomic mass is 10.1. The Kier molecular flexibility index (Phi) is 9.34. The average Bonchev–Trinajstić information content (AvgIpc) is 3.40. The molecule has 0 unspecified atom stereocenters. The minimum absolute atomic E-state index is 0.0542. The van der Waals surface area contributed by atoms with Crippen LogP contribution in [0.25, 0.3) is 0 Å². The number of anilines is 2. The second-order valence-electron chi connectivity index (χ2n) is 12.2. The number of fused-ring (bicyclic) bond motifs is 3. The van der Waals surface area contributed by atoms with Gasteiger partial charge in [0.15, 0.2) is 0 Å². The van der Waals surface area contributed by atoms with Crippen molar-refractivity contribution >= 4 is 23.3 Å². The summed E-state index contributed by atoms with van der Waals surface area (Å²) < 4.78 is 0. The van der Waals surface area contributed by atoms with Crippen molar-refractivity contribution in [2.24, 2.45) is 0 Å². The number of amides is 2. The number of hydrogen-bond donors (Lipinski definition) is 0. The lowest BCUT2D eigenvalue weighted by molar-refractivity contribution is -0.133. The molecule has 226 valence electrons. The topological polar surface area (TPSA) is 63.2 Å². The Balaban J connectivity index is 1.19. The minimum atomic E-state index is 0.0542. The molecule has 2 atom stereocenters. The highest BCUT2D eigenvalue weighted by atomic mass is 16.2. The van der Waals surface area contributed by atoms with Gasteiger partial charge in [-0.15, -0.1) is 0 Å². The molecule has 0 aliphatic carbocycles. The second kappa shape index (κ2) is 13.7. The van der Waals surface area contributed by atoms with Gasteiger partial charge in [0.25, 0.3) is 0 Å². The van der Waals surface area contributed by atoms with Gasteiger partial charge in [-0.05, 0) is 48.6 Å². The number of pyridine rings is 1. The molecule has 2 aromatic carbocycles. The zero-order valence-electron chi connectivity index (χ0n) is 25.4. The number of rotatable bonds is 6. The Morgan fingerprint density at radius 2 is 1.56 bits per heavy atom. The smallest absolute Gasteiger partial charge is 0.224 e. The summed E-state index contributed by atoms with van der Waals surface area (Å²) in [5, 5.41) is 0. The van der Waals surface area contributed by atoms with E-state index in [4.69, 9.17) is 0 Å². The number of carbonyl (C=O) groups is 2. The molecule has 2 fully saturated rings. The lowest BCUT2D eigenvalue weighted by Gasteiger charge is -2.36. The van der Waals surface area contributed by atoms with Crippen molar-refractivity contribution in [3.05, 3.63) is 90.1 Å². The predicted molar refractivity (Wildman–Crippen MR) is 171 cm³/mol. The first-order chi connectivity index (χ1) is 21.0. The quantitative estimate of drug-likeness (QED) is 0.431. The van der Waals surface area contributed by atoms with E-state index < -0.39 is 0 Å². The Hall–Kier alpha value is -3.75. The van der Waals surface area contributed by atoms with Crippen molar-refractivity contribution in [2.45, 2.75) is 57.8 Å². The van der Waals surface area contributed by atoms with Crippen LogP contribution in [0.2, 0.25) is 0 Å². The normalized spacial score (nSPS) is 21.7.